The molecule has 3 heterocycles. The zero-order chi connectivity index (χ0) is 25.4. The normalized spacial score (nSPS) is 16.7. The minimum atomic E-state index is -0.742. The van der Waals surface area contributed by atoms with Crippen LogP contribution in [-0.2, 0) is 9.53 Å². The van der Waals surface area contributed by atoms with Crippen LogP contribution in [0, 0.1) is 0 Å². The summed E-state index contributed by atoms with van der Waals surface area (Å²) in [6.45, 7) is 7.76. The van der Waals surface area contributed by atoms with Gasteiger partial charge in [0, 0.05) is 5.56 Å². The van der Waals surface area contributed by atoms with E-state index in [0.717, 1.165) is 5.56 Å². The highest BCUT2D eigenvalue weighted by Crippen LogP contribution is 2.36. The topological polar surface area (TPSA) is 88.4 Å². The number of esters is 1. The zero-order valence-electron chi connectivity index (χ0n) is 20.4. The number of nitrogens with zero attached hydrogens (tertiary/aromatic N) is 2. The van der Waals surface area contributed by atoms with Crippen LogP contribution in [0.25, 0.3) is 6.08 Å². The van der Waals surface area contributed by atoms with Crippen molar-refractivity contribution < 1.29 is 23.7 Å². The third-order valence-electron chi connectivity index (χ3n) is 5.79. The average Bonchev–Trinajstić information content (AvgIpc) is 3.42. The highest BCUT2D eigenvalue weighted by molar-refractivity contribution is 7.07. The lowest BCUT2D eigenvalue weighted by molar-refractivity contribution is -0.139. The third kappa shape index (κ3) is 4.30. The molecule has 0 N–H and O–H groups in total. The lowest BCUT2D eigenvalue weighted by Gasteiger charge is -2.26. The summed E-state index contributed by atoms with van der Waals surface area (Å²) in [6, 6.07) is 12.2. The maximum absolute atomic E-state index is 13.8. The van der Waals surface area contributed by atoms with Gasteiger partial charge in [-0.3, -0.25) is 9.36 Å². The van der Waals surface area contributed by atoms with Crippen LogP contribution in [0.2, 0.25) is 0 Å². The van der Waals surface area contributed by atoms with Crippen LogP contribution in [0.1, 0.15) is 44.9 Å². The second-order valence-electron chi connectivity index (χ2n) is 8.62. The molecule has 186 valence electrons. The van der Waals surface area contributed by atoms with Crippen molar-refractivity contribution in [3.63, 3.8) is 0 Å². The molecule has 1 unspecified atom stereocenters. The summed E-state index contributed by atoms with van der Waals surface area (Å²) in [4.78, 5) is 32.1. The number of rotatable bonds is 6. The summed E-state index contributed by atoms with van der Waals surface area (Å²) in [7, 11) is 0. The molecule has 2 aliphatic rings. The quantitative estimate of drug-likeness (QED) is 0.477. The number of fused-ring (bicyclic) bond motifs is 2. The summed E-state index contributed by atoms with van der Waals surface area (Å²) in [5.41, 5.74) is 2.06. The molecule has 2 aromatic carbocycles. The Morgan fingerprint density at radius 1 is 1.22 bits per heavy atom. The molecular weight excluding hydrogens is 480 g/mol. The van der Waals surface area contributed by atoms with E-state index in [9.17, 15) is 9.59 Å². The molecule has 2 aliphatic heterocycles. The molecule has 0 bridgehead atoms. The van der Waals surface area contributed by atoms with E-state index in [1.807, 2.05) is 56.3 Å². The predicted molar refractivity (Wildman–Crippen MR) is 135 cm³/mol. The molecule has 0 fully saturated rings. The molecule has 0 spiro atoms. The highest BCUT2D eigenvalue weighted by Gasteiger charge is 2.35. The first-order valence-electron chi connectivity index (χ1n) is 11.7. The Balaban J connectivity index is 1.71. The van der Waals surface area contributed by atoms with Crippen LogP contribution >= 0.6 is 11.3 Å². The molecule has 9 heteroatoms. The van der Waals surface area contributed by atoms with E-state index in [2.05, 4.69) is 4.99 Å². The van der Waals surface area contributed by atoms with Gasteiger partial charge in [-0.2, -0.15) is 0 Å². The van der Waals surface area contributed by atoms with Crippen LogP contribution in [0.5, 0.6) is 17.2 Å². The van der Waals surface area contributed by atoms with Crippen LogP contribution in [-0.4, -0.2) is 30.0 Å². The lowest BCUT2D eigenvalue weighted by atomic mass is 9.95. The van der Waals surface area contributed by atoms with Gasteiger partial charge in [0.15, 0.2) is 16.3 Å². The molecule has 1 atom stereocenters. The van der Waals surface area contributed by atoms with Crippen LogP contribution in [0.4, 0.5) is 0 Å². The van der Waals surface area contributed by atoms with E-state index in [1.54, 1.807) is 24.5 Å². The van der Waals surface area contributed by atoms with Gasteiger partial charge in [0.1, 0.15) is 11.8 Å². The Bertz CT molecular complexity index is 1550. The van der Waals surface area contributed by atoms with Gasteiger partial charge in [-0.25, -0.2) is 9.79 Å². The number of thiazole rings is 1. The van der Waals surface area contributed by atoms with E-state index in [0.29, 0.717) is 43.4 Å². The molecule has 0 amide bonds. The number of hydrogen-bond acceptors (Lipinski definition) is 8. The molecule has 0 saturated heterocycles. The van der Waals surface area contributed by atoms with Crippen molar-refractivity contribution in [1.82, 2.24) is 4.57 Å². The number of para-hydroxylation sites is 1. The number of carbonyl (C=O) groups is 1. The molecule has 0 aliphatic carbocycles. The van der Waals surface area contributed by atoms with E-state index < -0.39 is 12.0 Å². The van der Waals surface area contributed by atoms with Gasteiger partial charge in [-0.15, -0.1) is 0 Å². The second-order valence-corrected chi connectivity index (χ2v) is 9.63. The first-order valence-corrected chi connectivity index (χ1v) is 12.5. The van der Waals surface area contributed by atoms with Gasteiger partial charge in [0.05, 0.1) is 28.5 Å². The third-order valence-corrected chi connectivity index (χ3v) is 6.77. The summed E-state index contributed by atoms with van der Waals surface area (Å²) in [6.07, 6.45) is 1.70. The molecular formula is C27H26N2O6S. The molecule has 36 heavy (non-hydrogen) atoms. The zero-order valence-corrected chi connectivity index (χ0v) is 21.3. The second kappa shape index (κ2) is 9.66. The summed E-state index contributed by atoms with van der Waals surface area (Å²) >= 11 is 1.27. The molecule has 0 radical (unpaired) electrons. The Hall–Kier alpha value is -3.85. The van der Waals surface area contributed by atoms with Gasteiger partial charge in [0.2, 0.25) is 6.79 Å². The first-order chi connectivity index (χ1) is 17.4. The molecule has 3 aromatic rings. The molecule has 1 aromatic heterocycles. The summed E-state index contributed by atoms with van der Waals surface area (Å²) in [5, 5.41) is 0. The van der Waals surface area contributed by atoms with Crippen molar-refractivity contribution in [3.05, 3.63) is 84.5 Å². The number of aromatic nitrogens is 1. The van der Waals surface area contributed by atoms with E-state index in [4.69, 9.17) is 18.9 Å². The van der Waals surface area contributed by atoms with Crippen LogP contribution < -0.4 is 29.1 Å². The SMILES string of the molecule is CCOC(=O)C1=C(C)N=c2s/c(=C/c3ccc4c(c3)OCO4)c(=O)n2C1c1ccccc1OC(C)C. The summed E-state index contributed by atoms with van der Waals surface area (Å²) < 4.78 is 24.4. The van der Waals surface area contributed by atoms with Crippen LogP contribution in [0.15, 0.2) is 63.5 Å². The minimum absolute atomic E-state index is 0.0934. The number of benzene rings is 2. The van der Waals surface area contributed by atoms with Gasteiger partial charge in [-0.05, 0) is 57.5 Å². The summed E-state index contributed by atoms with van der Waals surface area (Å²) in [5.74, 6) is 1.40. The number of ether oxygens (including phenoxy) is 4. The lowest BCUT2D eigenvalue weighted by Crippen LogP contribution is -2.40. The first kappa shape index (κ1) is 23.9. The fourth-order valence-corrected chi connectivity index (χ4v) is 5.35. The number of carbonyl (C=O) groups excluding carboxylic acids is 1. The standard InChI is InChI=1S/C27H26N2O6S/c1-5-32-26(31)23-16(4)28-27-29(24(23)18-8-6-7-9-19(18)35-15(2)3)25(30)22(36-27)13-17-10-11-20-21(12-17)34-14-33-20/h6-13,15,24H,5,14H2,1-4H3/b22-13+. The van der Waals surface area contributed by atoms with Crippen molar-refractivity contribution >= 4 is 23.4 Å². The Morgan fingerprint density at radius 2 is 2.00 bits per heavy atom. The largest absolute Gasteiger partial charge is 0.491 e. The average molecular weight is 507 g/mol. The smallest absolute Gasteiger partial charge is 0.338 e. The number of hydrogen-bond donors (Lipinski definition) is 0. The van der Waals surface area contributed by atoms with E-state index in [1.165, 1.54) is 11.3 Å². The Labute approximate surface area is 211 Å². The van der Waals surface area contributed by atoms with Gasteiger partial charge in [-0.1, -0.05) is 35.6 Å². The van der Waals surface area contributed by atoms with Crippen molar-refractivity contribution in [2.75, 3.05) is 13.4 Å². The van der Waals surface area contributed by atoms with Crippen LogP contribution in [0.3, 0.4) is 0 Å². The van der Waals surface area contributed by atoms with E-state index in [-0.39, 0.29) is 25.1 Å². The maximum atomic E-state index is 13.8. The number of allylic oxidation sites excluding steroid dienone is 1. The van der Waals surface area contributed by atoms with Gasteiger partial charge >= 0.3 is 5.97 Å². The fraction of sp³-hybridized carbons (Fsp3) is 0.296. The van der Waals surface area contributed by atoms with Gasteiger partial charge in [0.25, 0.3) is 5.56 Å². The van der Waals surface area contributed by atoms with Gasteiger partial charge < -0.3 is 18.9 Å². The molecule has 0 saturated carbocycles. The Kier molecular flexibility index (Phi) is 6.40. The van der Waals surface area contributed by atoms with Crippen molar-refractivity contribution in [2.24, 2.45) is 4.99 Å². The van der Waals surface area contributed by atoms with Crippen molar-refractivity contribution in [2.45, 2.75) is 39.8 Å². The Morgan fingerprint density at radius 3 is 2.78 bits per heavy atom. The highest BCUT2D eigenvalue weighted by atomic mass is 32.1. The monoisotopic (exact) mass is 506 g/mol. The minimum Gasteiger partial charge on any atom is -0.491 e. The molecule has 8 nitrogen and oxygen atoms in total. The fourth-order valence-electron chi connectivity index (χ4n) is 4.31. The van der Waals surface area contributed by atoms with Crippen molar-refractivity contribution in [3.8, 4) is 17.2 Å². The van der Waals surface area contributed by atoms with E-state index >= 15 is 0 Å². The predicted octanol–water partition coefficient (Wildman–Crippen LogP) is 3.31. The van der Waals surface area contributed by atoms with Crippen molar-refractivity contribution in [1.29, 1.82) is 0 Å². The molecule has 5 rings (SSSR count). The maximum Gasteiger partial charge on any atom is 0.338 e.